The van der Waals surface area contributed by atoms with Gasteiger partial charge in [-0.1, -0.05) is 0 Å². The normalized spacial score (nSPS) is 15.3. The molecule has 188 valence electrons. The first-order chi connectivity index (χ1) is 15.3. The third-order valence-electron chi connectivity index (χ3n) is 4.42. The average Bonchev–Trinajstić information content (AvgIpc) is 2.69. The Morgan fingerprint density at radius 2 is 1.36 bits per heavy atom. The number of carbonyl (C=O) groups excluding carboxylic acids is 5. The number of aliphatic carboxylic acids is 1. The second-order valence-corrected chi connectivity index (χ2v) is 7.42. The van der Waals surface area contributed by atoms with Crippen LogP contribution in [0.2, 0.25) is 0 Å². The lowest BCUT2D eigenvalue weighted by Gasteiger charge is -2.26. The lowest BCUT2D eigenvalue weighted by molar-refractivity contribution is -0.144. The van der Waals surface area contributed by atoms with Gasteiger partial charge in [-0.25, -0.2) is 4.79 Å². The van der Waals surface area contributed by atoms with Crippen LogP contribution in [0, 0.1) is 0 Å². The third kappa shape index (κ3) is 11.8. The van der Waals surface area contributed by atoms with Crippen molar-refractivity contribution in [2.24, 2.45) is 22.9 Å². The SMILES string of the molecule is CC(O)C(NC(=O)C(CCCCN)NC(=O)C(N)CC(N)=O)C(=O)NC(CC(N)=O)C(=O)O. The molecule has 0 aromatic rings. The number of rotatable bonds is 16. The highest BCUT2D eigenvalue weighted by atomic mass is 16.4. The summed E-state index contributed by atoms with van der Waals surface area (Å²) < 4.78 is 0. The lowest BCUT2D eigenvalue weighted by atomic mass is 10.1. The smallest absolute Gasteiger partial charge is 0.326 e. The van der Waals surface area contributed by atoms with E-state index in [1.165, 1.54) is 6.92 Å². The summed E-state index contributed by atoms with van der Waals surface area (Å²) in [7, 11) is 0. The van der Waals surface area contributed by atoms with Crippen LogP contribution in [0.25, 0.3) is 0 Å². The maximum Gasteiger partial charge on any atom is 0.326 e. The van der Waals surface area contributed by atoms with E-state index in [1.54, 1.807) is 0 Å². The highest BCUT2D eigenvalue weighted by molar-refractivity contribution is 5.95. The van der Waals surface area contributed by atoms with Crippen LogP contribution in [0.15, 0.2) is 0 Å². The zero-order valence-electron chi connectivity index (χ0n) is 18.3. The second-order valence-electron chi connectivity index (χ2n) is 7.42. The molecule has 5 atom stereocenters. The van der Waals surface area contributed by atoms with E-state index < -0.39 is 78.6 Å². The van der Waals surface area contributed by atoms with Gasteiger partial charge in [0, 0.05) is 0 Å². The molecule has 13 N–H and O–H groups in total. The van der Waals surface area contributed by atoms with E-state index in [4.69, 9.17) is 28.0 Å². The number of carbonyl (C=O) groups is 6. The van der Waals surface area contributed by atoms with Crippen LogP contribution in [0.3, 0.4) is 0 Å². The molecule has 15 nitrogen and oxygen atoms in total. The Morgan fingerprint density at radius 1 is 0.818 bits per heavy atom. The number of amides is 5. The van der Waals surface area contributed by atoms with Gasteiger partial charge in [-0.15, -0.1) is 0 Å². The number of carboxylic acids is 1. The van der Waals surface area contributed by atoms with Gasteiger partial charge in [-0.2, -0.15) is 0 Å². The van der Waals surface area contributed by atoms with Crippen molar-refractivity contribution in [3.8, 4) is 0 Å². The highest BCUT2D eigenvalue weighted by Gasteiger charge is 2.33. The number of carboxylic acid groups (broad SMARTS) is 1. The summed E-state index contributed by atoms with van der Waals surface area (Å²) in [4.78, 5) is 70.7. The molecule has 5 unspecified atom stereocenters. The van der Waals surface area contributed by atoms with Gasteiger partial charge in [-0.05, 0) is 32.7 Å². The summed E-state index contributed by atoms with van der Waals surface area (Å²) in [5.41, 5.74) is 21.0. The second kappa shape index (κ2) is 14.7. The molecular weight excluding hydrogens is 442 g/mol. The van der Waals surface area contributed by atoms with Gasteiger partial charge in [0.1, 0.15) is 18.1 Å². The first kappa shape index (κ1) is 29.7. The quantitative estimate of drug-likeness (QED) is 0.0958. The summed E-state index contributed by atoms with van der Waals surface area (Å²) in [6.07, 6.45) is -1.64. The molecule has 0 fully saturated rings. The van der Waals surface area contributed by atoms with Gasteiger partial charge in [0.05, 0.1) is 25.0 Å². The first-order valence-corrected chi connectivity index (χ1v) is 10.1. The minimum Gasteiger partial charge on any atom is -0.480 e. The molecule has 0 saturated carbocycles. The van der Waals surface area contributed by atoms with Gasteiger partial charge in [-0.3, -0.25) is 24.0 Å². The Morgan fingerprint density at radius 3 is 1.82 bits per heavy atom. The van der Waals surface area contributed by atoms with Crippen LogP contribution in [0.4, 0.5) is 0 Å². The van der Waals surface area contributed by atoms with Crippen molar-refractivity contribution in [2.75, 3.05) is 6.54 Å². The summed E-state index contributed by atoms with van der Waals surface area (Å²) in [6, 6.07) is -5.83. The summed E-state index contributed by atoms with van der Waals surface area (Å²) in [5.74, 6) is -6.17. The zero-order valence-corrected chi connectivity index (χ0v) is 18.3. The number of hydrogen-bond acceptors (Lipinski definition) is 9. The monoisotopic (exact) mass is 475 g/mol. The molecule has 0 heterocycles. The Bertz CT molecular complexity index is 731. The average molecular weight is 476 g/mol. The first-order valence-electron chi connectivity index (χ1n) is 10.1. The zero-order chi connectivity index (χ0) is 25.7. The third-order valence-corrected chi connectivity index (χ3v) is 4.42. The van der Waals surface area contributed by atoms with Crippen molar-refractivity contribution >= 4 is 35.5 Å². The molecular formula is C18H33N7O8. The molecule has 0 aliphatic heterocycles. The van der Waals surface area contributed by atoms with Crippen molar-refractivity contribution in [1.29, 1.82) is 0 Å². The van der Waals surface area contributed by atoms with Crippen molar-refractivity contribution in [3.05, 3.63) is 0 Å². The van der Waals surface area contributed by atoms with E-state index in [1.807, 2.05) is 5.32 Å². The molecule has 0 rings (SSSR count). The number of primary amides is 2. The van der Waals surface area contributed by atoms with Gasteiger partial charge in [0.15, 0.2) is 0 Å². The summed E-state index contributed by atoms with van der Waals surface area (Å²) in [6.45, 7) is 1.48. The van der Waals surface area contributed by atoms with E-state index in [-0.39, 0.29) is 6.42 Å². The van der Waals surface area contributed by atoms with Crippen LogP contribution in [0.1, 0.15) is 39.0 Å². The Kier molecular flexibility index (Phi) is 13.2. The number of nitrogens with one attached hydrogen (secondary N) is 3. The van der Waals surface area contributed by atoms with Crippen molar-refractivity contribution in [1.82, 2.24) is 16.0 Å². The van der Waals surface area contributed by atoms with Crippen LogP contribution in [0.5, 0.6) is 0 Å². The molecule has 0 aromatic carbocycles. The molecule has 0 aromatic heterocycles. The number of hydrogen-bond donors (Lipinski definition) is 9. The van der Waals surface area contributed by atoms with Gasteiger partial charge in [0.2, 0.25) is 29.5 Å². The minimum absolute atomic E-state index is 0.0889. The predicted octanol–water partition coefficient (Wildman–Crippen LogP) is -4.89. The highest BCUT2D eigenvalue weighted by Crippen LogP contribution is 2.05. The molecule has 0 aliphatic carbocycles. The fourth-order valence-electron chi connectivity index (χ4n) is 2.67. The van der Waals surface area contributed by atoms with Gasteiger partial charge in [0.25, 0.3) is 0 Å². The van der Waals surface area contributed by atoms with Crippen LogP contribution < -0.4 is 38.9 Å². The topological polar surface area (TPSA) is 283 Å². The molecule has 15 heteroatoms. The Labute approximate surface area is 190 Å². The van der Waals surface area contributed by atoms with Crippen molar-refractivity contribution < 1.29 is 39.0 Å². The number of nitrogens with two attached hydrogens (primary N) is 4. The fourth-order valence-corrected chi connectivity index (χ4v) is 2.67. The van der Waals surface area contributed by atoms with Crippen LogP contribution in [-0.2, 0) is 28.8 Å². The molecule has 5 amide bonds. The van der Waals surface area contributed by atoms with Gasteiger partial charge >= 0.3 is 5.97 Å². The van der Waals surface area contributed by atoms with E-state index in [0.717, 1.165) is 0 Å². The Balaban J connectivity index is 5.45. The standard InChI is InChI=1S/C18H33N7O8/c1-8(26)14(17(31)24-11(18(32)33)7-13(22)28)25-16(30)10(4-2-3-5-19)23-15(29)9(20)6-12(21)27/h8-11,14,26H,2-7,19-20H2,1H3,(H2,21,27)(H2,22,28)(H,23,29)(H,24,31)(H,25,30)(H,32,33). The molecule has 0 radical (unpaired) electrons. The Hall–Kier alpha value is -3.30. The minimum atomic E-state index is -1.68. The summed E-state index contributed by atoms with van der Waals surface area (Å²) >= 11 is 0. The van der Waals surface area contributed by atoms with Crippen LogP contribution in [-0.4, -0.2) is 82.5 Å². The van der Waals surface area contributed by atoms with Crippen molar-refractivity contribution in [2.45, 2.75) is 69.3 Å². The molecule has 0 aliphatic rings. The molecule has 0 saturated heterocycles. The van der Waals surface area contributed by atoms with Crippen LogP contribution >= 0.6 is 0 Å². The maximum absolute atomic E-state index is 12.8. The van der Waals surface area contributed by atoms with E-state index in [0.29, 0.717) is 19.4 Å². The number of unbranched alkanes of at least 4 members (excludes halogenated alkanes) is 1. The van der Waals surface area contributed by atoms with E-state index in [2.05, 4.69) is 10.6 Å². The molecule has 0 bridgehead atoms. The summed E-state index contributed by atoms with van der Waals surface area (Å²) in [5, 5.41) is 25.7. The molecule has 0 spiro atoms. The maximum atomic E-state index is 12.8. The molecule has 33 heavy (non-hydrogen) atoms. The lowest BCUT2D eigenvalue weighted by Crippen LogP contribution is -2.60. The largest absolute Gasteiger partial charge is 0.480 e. The number of aliphatic hydroxyl groups is 1. The van der Waals surface area contributed by atoms with E-state index >= 15 is 0 Å². The fraction of sp³-hybridized carbons (Fsp3) is 0.667. The number of aliphatic hydroxyl groups excluding tert-OH is 1. The predicted molar refractivity (Wildman–Crippen MR) is 114 cm³/mol. The van der Waals surface area contributed by atoms with E-state index in [9.17, 15) is 33.9 Å². The van der Waals surface area contributed by atoms with Crippen molar-refractivity contribution in [3.63, 3.8) is 0 Å². The van der Waals surface area contributed by atoms with Gasteiger partial charge < -0.3 is 49.1 Å².